The summed E-state index contributed by atoms with van der Waals surface area (Å²) in [4.78, 5) is 0. The van der Waals surface area contributed by atoms with E-state index >= 15 is 0 Å². The number of thiocarbonyl (C=S) groups is 1. The summed E-state index contributed by atoms with van der Waals surface area (Å²) in [6.45, 7) is 1.74. The van der Waals surface area contributed by atoms with Gasteiger partial charge in [-0.2, -0.15) is 0 Å². The molecule has 1 heterocycles. The minimum Gasteiger partial charge on any atom is -0.469 e. The van der Waals surface area contributed by atoms with Gasteiger partial charge in [0.05, 0.1) is 44.8 Å². The first-order chi connectivity index (χ1) is 9.53. The third kappa shape index (κ3) is 7.75. The van der Waals surface area contributed by atoms with Crippen LogP contribution in [0.3, 0.4) is 0 Å². The highest BCUT2D eigenvalue weighted by Crippen LogP contribution is 2.07. The van der Waals surface area contributed by atoms with E-state index in [-0.39, 0.29) is 30.2 Å². The van der Waals surface area contributed by atoms with Crippen LogP contribution in [0.15, 0.2) is 11.5 Å². The Morgan fingerprint density at radius 1 is 1.25 bits per heavy atom. The second-order valence-electron chi connectivity index (χ2n) is 3.99. The van der Waals surface area contributed by atoms with Crippen LogP contribution in [0.1, 0.15) is 0 Å². The lowest BCUT2D eigenvalue weighted by Gasteiger charge is -2.13. The molecule has 0 fully saturated rings. The van der Waals surface area contributed by atoms with Crippen molar-refractivity contribution in [3.63, 3.8) is 0 Å². The molecule has 0 spiro atoms. The average Bonchev–Trinajstić information content (AvgIpc) is 2.72. The zero-order valence-corrected chi connectivity index (χ0v) is 12.6. The summed E-state index contributed by atoms with van der Waals surface area (Å²) in [5.74, 6) is -0.00477. The summed E-state index contributed by atoms with van der Waals surface area (Å²) >= 11 is 4.93. The smallest absolute Gasteiger partial charge is 0.257 e. The SMILES string of the molecule is O=S1(=O)C=C[C@H](NC(=S)OCCOCCOCCO)C1. The third-order valence-corrected chi connectivity index (χ3v) is 3.93. The summed E-state index contributed by atoms with van der Waals surface area (Å²) in [6.07, 6.45) is 1.54. The van der Waals surface area contributed by atoms with Crippen LogP contribution >= 0.6 is 12.2 Å². The van der Waals surface area contributed by atoms with Crippen molar-refractivity contribution in [3.05, 3.63) is 11.5 Å². The molecule has 2 N–H and O–H groups in total. The molecule has 0 saturated carbocycles. The normalized spacial score (nSPS) is 19.9. The molecule has 1 aliphatic heterocycles. The zero-order chi connectivity index (χ0) is 14.8. The highest BCUT2D eigenvalue weighted by Gasteiger charge is 2.22. The molecule has 116 valence electrons. The minimum absolute atomic E-state index is 0.00477. The number of sulfone groups is 1. The van der Waals surface area contributed by atoms with E-state index in [9.17, 15) is 8.42 Å². The monoisotopic (exact) mass is 325 g/mol. The van der Waals surface area contributed by atoms with E-state index < -0.39 is 9.84 Å². The van der Waals surface area contributed by atoms with Crippen molar-refractivity contribution in [2.75, 3.05) is 45.4 Å². The van der Waals surface area contributed by atoms with E-state index in [1.54, 1.807) is 6.08 Å². The van der Waals surface area contributed by atoms with E-state index in [0.29, 0.717) is 26.4 Å². The number of aliphatic hydroxyl groups is 1. The largest absolute Gasteiger partial charge is 0.469 e. The molecule has 1 atom stereocenters. The van der Waals surface area contributed by atoms with Gasteiger partial charge in [0.15, 0.2) is 9.84 Å². The van der Waals surface area contributed by atoms with Gasteiger partial charge in [-0.05, 0) is 18.3 Å². The Morgan fingerprint density at radius 3 is 2.50 bits per heavy atom. The van der Waals surface area contributed by atoms with Gasteiger partial charge >= 0.3 is 0 Å². The second kappa shape index (κ2) is 9.24. The molecular weight excluding hydrogens is 306 g/mol. The Hall–Kier alpha value is -0.740. The fraction of sp³-hybridized carbons (Fsp3) is 0.727. The molecule has 0 aromatic carbocycles. The number of hydrogen-bond donors (Lipinski definition) is 2. The van der Waals surface area contributed by atoms with Gasteiger partial charge in [0, 0.05) is 5.41 Å². The van der Waals surface area contributed by atoms with Crippen molar-refractivity contribution in [1.29, 1.82) is 0 Å². The summed E-state index contributed by atoms with van der Waals surface area (Å²) < 4.78 is 37.7. The fourth-order valence-corrected chi connectivity index (χ4v) is 2.91. The van der Waals surface area contributed by atoms with Gasteiger partial charge in [-0.1, -0.05) is 0 Å². The maximum Gasteiger partial charge on any atom is 0.257 e. The predicted molar refractivity (Wildman–Crippen MR) is 77.1 cm³/mol. The molecule has 0 aromatic heterocycles. The van der Waals surface area contributed by atoms with Crippen molar-refractivity contribution in [2.45, 2.75) is 6.04 Å². The van der Waals surface area contributed by atoms with Crippen LogP contribution in [0.2, 0.25) is 0 Å². The first-order valence-corrected chi connectivity index (χ1v) is 8.26. The molecule has 7 nitrogen and oxygen atoms in total. The van der Waals surface area contributed by atoms with Crippen molar-refractivity contribution in [1.82, 2.24) is 5.32 Å². The Kier molecular flexibility index (Phi) is 8.00. The number of nitrogens with one attached hydrogen (secondary N) is 1. The van der Waals surface area contributed by atoms with Crippen molar-refractivity contribution in [2.24, 2.45) is 0 Å². The summed E-state index contributed by atoms with van der Waals surface area (Å²) in [5.41, 5.74) is 0. The van der Waals surface area contributed by atoms with Gasteiger partial charge in [0.1, 0.15) is 6.61 Å². The van der Waals surface area contributed by atoms with Crippen LogP contribution < -0.4 is 5.32 Å². The maximum atomic E-state index is 11.2. The predicted octanol–water partition coefficient (Wildman–Crippen LogP) is -0.786. The molecule has 0 bridgehead atoms. The summed E-state index contributed by atoms with van der Waals surface area (Å²) in [7, 11) is -3.10. The van der Waals surface area contributed by atoms with Gasteiger partial charge in [-0.15, -0.1) is 0 Å². The van der Waals surface area contributed by atoms with Crippen LogP contribution in [0.5, 0.6) is 0 Å². The molecule has 20 heavy (non-hydrogen) atoms. The van der Waals surface area contributed by atoms with Crippen LogP contribution in [0, 0.1) is 0 Å². The molecule has 1 aliphatic rings. The molecular formula is C11H19NO6S2. The fourth-order valence-electron chi connectivity index (χ4n) is 1.44. The standard InChI is InChI=1S/C11H19NO6S2/c13-2-3-16-4-5-17-6-7-18-11(19)12-10-1-8-20(14,15)9-10/h1,8,10,13H,2-7,9H2,(H,12,19)/t10-/m0/s1. The van der Waals surface area contributed by atoms with Gasteiger partial charge in [-0.25, -0.2) is 8.42 Å². The number of aliphatic hydroxyl groups excluding tert-OH is 1. The lowest BCUT2D eigenvalue weighted by molar-refractivity contribution is 0.0235. The average molecular weight is 325 g/mol. The van der Waals surface area contributed by atoms with Gasteiger partial charge in [-0.3, -0.25) is 0 Å². The first-order valence-electron chi connectivity index (χ1n) is 6.14. The number of hydrogen-bond acceptors (Lipinski definition) is 7. The highest BCUT2D eigenvalue weighted by atomic mass is 32.2. The highest BCUT2D eigenvalue weighted by molar-refractivity contribution is 7.94. The third-order valence-electron chi connectivity index (χ3n) is 2.30. The lowest BCUT2D eigenvalue weighted by Crippen LogP contribution is -2.36. The molecule has 9 heteroatoms. The summed E-state index contributed by atoms with van der Waals surface area (Å²) in [6, 6.07) is -0.333. The topological polar surface area (TPSA) is 94.1 Å². The molecule has 1 rings (SSSR count). The Bertz CT molecular complexity index is 423. The van der Waals surface area contributed by atoms with Gasteiger partial charge < -0.3 is 24.6 Å². The van der Waals surface area contributed by atoms with Crippen molar-refractivity contribution >= 4 is 27.2 Å². The van der Waals surface area contributed by atoms with E-state index in [1.807, 2.05) is 0 Å². The van der Waals surface area contributed by atoms with E-state index in [0.717, 1.165) is 0 Å². The quantitative estimate of drug-likeness (QED) is 0.421. The maximum absolute atomic E-state index is 11.2. The number of ether oxygens (including phenoxy) is 3. The Labute approximate surface area is 123 Å². The zero-order valence-electron chi connectivity index (χ0n) is 11.0. The van der Waals surface area contributed by atoms with E-state index in [1.165, 1.54) is 5.41 Å². The second-order valence-corrected chi connectivity index (χ2v) is 6.30. The van der Waals surface area contributed by atoms with Crippen LogP contribution in [-0.2, 0) is 24.0 Å². The van der Waals surface area contributed by atoms with E-state index in [2.05, 4.69) is 5.32 Å². The molecule has 0 aliphatic carbocycles. The van der Waals surface area contributed by atoms with Gasteiger partial charge in [0.2, 0.25) is 0 Å². The molecule has 0 amide bonds. The summed E-state index contributed by atoms with van der Waals surface area (Å²) in [5, 5.41) is 12.6. The minimum atomic E-state index is -3.10. The molecule has 0 saturated heterocycles. The first kappa shape index (κ1) is 17.3. The molecule has 0 unspecified atom stereocenters. The van der Waals surface area contributed by atoms with Crippen LogP contribution in [-0.4, -0.2) is 70.1 Å². The van der Waals surface area contributed by atoms with Crippen molar-refractivity contribution in [3.8, 4) is 0 Å². The Balaban J connectivity index is 1.97. The van der Waals surface area contributed by atoms with Crippen LogP contribution in [0.25, 0.3) is 0 Å². The van der Waals surface area contributed by atoms with E-state index in [4.69, 9.17) is 31.5 Å². The lowest BCUT2D eigenvalue weighted by atomic mass is 10.3. The Morgan fingerprint density at radius 2 is 1.90 bits per heavy atom. The van der Waals surface area contributed by atoms with Crippen molar-refractivity contribution < 1.29 is 27.7 Å². The van der Waals surface area contributed by atoms with Gasteiger partial charge in [0.25, 0.3) is 5.17 Å². The molecule has 0 radical (unpaired) electrons. The van der Waals surface area contributed by atoms with Crippen LogP contribution in [0.4, 0.5) is 0 Å². The number of rotatable bonds is 9. The molecule has 0 aromatic rings.